The summed E-state index contributed by atoms with van der Waals surface area (Å²) in [5, 5.41) is 6.15. The van der Waals surface area contributed by atoms with Crippen LogP contribution in [-0.4, -0.2) is 27.1 Å². The number of hydrogen-bond acceptors (Lipinski definition) is 4. The van der Waals surface area contributed by atoms with E-state index in [1.807, 2.05) is 31.2 Å². The van der Waals surface area contributed by atoms with Crippen LogP contribution in [0.1, 0.15) is 23.1 Å². The number of benzene rings is 1. The van der Waals surface area contributed by atoms with Gasteiger partial charge in [0.1, 0.15) is 12.1 Å². The molecule has 0 saturated carbocycles. The zero-order valence-electron chi connectivity index (χ0n) is 9.68. The van der Waals surface area contributed by atoms with Gasteiger partial charge in [-0.1, -0.05) is 17.7 Å². The zero-order chi connectivity index (χ0) is 12.3. The van der Waals surface area contributed by atoms with Crippen LogP contribution in [-0.2, 0) is 0 Å². The molecule has 1 aromatic carbocycles. The molecule has 5 nitrogen and oxygen atoms in total. The second kappa shape index (κ2) is 4.78. The summed E-state index contributed by atoms with van der Waals surface area (Å²) in [7, 11) is 0. The van der Waals surface area contributed by atoms with Crippen LogP contribution >= 0.6 is 0 Å². The van der Waals surface area contributed by atoms with Gasteiger partial charge in [0, 0.05) is 0 Å². The number of ether oxygens (including phenoxy) is 1. The number of Topliss-reactive ketones (excluding diaryl/α,β-unsaturated/α-hetero) is 1. The molecule has 1 heterocycles. The summed E-state index contributed by atoms with van der Waals surface area (Å²) in [6.45, 7) is 3.68. The van der Waals surface area contributed by atoms with E-state index in [0.29, 0.717) is 5.75 Å². The molecular formula is C12H13N3O2. The first-order valence-corrected chi connectivity index (χ1v) is 5.29. The molecule has 2 aromatic rings. The fourth-order valence-corrected chi connectivity index (χ4v) is 1.39. The molecule has 17 heavy (non-hydrogen) atoms. The Morgan fingerprint density at radius 2 is 2.06 bits per heavy atom. The molecule has 0 radical (unpaired) electrons. The van der Waals surface area contributed by atoms with E-state index in [-0.39, 0.29) is 11.6 Å². The van der Waals surface area contributed by atoms with Gasteiger partial charge in [0.05, 0.1) is 0 Å². The predicted molar refractivity (Wildman–Crippen MR) is 62.0 cm³/mol. The van der Waals surface area contributed by atoms with Gasteiger partial charge in [0.2, 0.25) is 5.78 Å². The lowest BCUT2D eigenvalue weighted by molar-refractivity contribution is 0.0807. The molecule has 0 spiro atoms. The minimum atomic E-state index is -0.592. The number of aryl methyl sites for hydroxylation is 1. The van der Waals surface area contributed by atoms with Gasteiger partial charge in [-0.05, 0) is 26.0 Å². The second-order valence-electron chi connectivity index (χ2n) is 3.77. The van der Waals surface area contributed by atoms with Crippen LogP contribution < -0.4 is 4.74 Å². The van der Waals surface area contributed by atoms with Crippen molar-refractivity contribution in [3.63, 3.8) is 0 Å². The van der Waals surface area contributed by atoms with Crippen LogP contribution in [0.25, 0.3) is 0 Å². The molecule has 88 valence electrons. The molecule has 5 heteroatoms. The van der Waals surface area contributed by atoms with Gasteiger partial charge < -0.3 is 4.74 Å². The third kappa shape index (κ3) is 2.69. The molecule has 1 atom stereocenters. The molecular weight excluding hydrogens is 218 g/mol. The predicted octanol–water partition coefficient (Wildman–Crippen LogP) is 1.76. The largest absolute Gasteiger partial charge is 0.482 e. The Hall–Kier alpha value is -2.17. The minimum absolute atomic E-state index is 0.213. The highest BCUT2D eigenvalue weighted by Gasteiger charge is 2.19. The normalized spacial score (nSPS) is 12.1. The Morgan fingerprint density at radius 1 is 1.35 bits per heavy atom. The SMILES string of the molecule is Cc1ccc(OC(C)C(=O)c2ncn[nH]2)cc1. The van der Waals surface area contributed by atoms with E-state index in [0.717, 1.165) is 5.56 Å². The van der Waals surface area contributed by atoms with Crippen LogP contribution in [0.15, 0.2) is 30.6 Å². The highest BCUT2D eigenvalue weighted by atomic mass is 16.5. The summed E-state index contributed by atoms with van der Waals surface area (Å²) in [5.41, 5.74) is 1.14. The van der Waals surface area contributed by atoms with Crippen LogP contribution in [0.3, 0.4) is 0 Å². The van der Waals surface area contributed by atoms with Gasteiger partial charge in [-0.15, -0.1) is 0 Å². The molecule has 0 amide bonds. The summed E-state index contributed by atoms with van der Waals surface area (Å²) < 4.78 is 5.52. The molecule has 0 aliphatic heterocycles. The number of H-pyrrole nitrogens is 1. The van der Waals surface area contributed by atoms with E-state index in [4.69, 9.17) is 4.74 Å². The quantitative estimate of drug-likeness (QED) is 0.814. The number of carbonyl (C=O) groups is 1. The van der Waals surface area contributed by atoms with Gasteiger partial charge in [-0.25, -0.2) is 4.98 Å². The monoisotopic (exact) mass is 231 g/mol. The standard InChI is InChI=1S/C12H13N3O2/c1-8-3-5-10(6-4-8)17-9(2)11(16)12-13-7-14-15-12/h3-7,9H,1-2H3,(H,13,14,15). The van der Waals surface area contributed by atoms with E-state index >= 15 is 0 Å². The Labute approximate surface area is 98.8 Å². The van der Waals surface area contributed by atoms with Gasteiger partial charge in [0.25, 0.3) is 0 Å². The summed E-state index contributed by atoms with van der Waals surface area (Å²) in [5.74, 6) is 0.656. The van der Waals surface area contributed by atoms with Gasteiger partial charge in [-0.3, -0.25) is 9.89 Å². The summed E-state index contributed by atoms with van der Waals surface area (Å²) in [4.78, 5) is 15.6. The van der Waals surface area contributed by atoms with Crippen LogP contribution in [0.4, 0.5) is 0 Å². The average molecular weight is 231 g/mol. The van der Waals surface area contributed by atoms with Crippen molar-refractivity contribution in [2.24, 2.45) is 0 Å². The number of rotatable bonds is 4. The summed E-state index contributed by atoms with van der Waals surface area (Å²) in [6, 6.07) is 7.53. The highest BCUT2D eigenvalue weighted by molar-refractivity contribution is 5.95. The number of ketones is 1. The maximum Gasteiger partial charge on any atom is 0.239 e. The lowest BCUT2D eigenvalue weighted by Gasteiger charge is -2.12. The fourth-order valence-electron chi connectivity index (χ4n) is 1.39. The highest BCUT2D eigenvalue weighted by Crippen LogP contribution is 2.14. The van der Waals surface area contributed by atoms with Crippen molar-refractivity contribution in [3.8, 4) is 5.75 Å². The maximum atomic E-state index is 11.8. The average Bonchev–Trinajstić information content (AvgIpc) is 2.84. The number of aromatic amines is 1. The Kier molecular flexibility index (Phi) is 3.18. The topological polar surface area (TPSA) is 67.9 Å². The first-order chi connectivity index (χ1) is 8.16. The third-order valence-electron chi connectivity index (χ3n) is 2.35. The Morgan fingerprint density at radius 3 is 2.65 bits per heavy atom. The van der Waals surface area contributed by atoms with Crippen LogP contribution in [0.5, 0.6) is 5.75 Å². The molecule has 0 aliphatic carbocycles. The van der Waals surface area contributed by atoms with Crippen molar-refractivity contribution in [1.29, 1.82) is 0 Å². The molecule has 0 aliphatic rings. The lowest BCUT2D eigenvalue weighted by Crippen LogP contribution is -2.24. The van der Waals surface area contributed by atoms with Crippen LogP contribution in [0.2, 0.25) is 0 Å². The molecule has 0 fully saturated rings. The molecule has 1 unspecified atom stereocenters. The number of nitrogens with one attached hydrogen (secondary N) is 1. The molecule has 1 N–H and O–H groups in total. The van der Waals surface area contributed by atoms with E-state index in [9.17, 15) is 4.79 Å². The van der Waals surface area contributed by atoms with Crippen molar-refractivity contribution in [2.75, 3.05) is 0 Å². The van der Waals surface area contributed by atoms with E-state index in [2.05, 4.69) is 15.2 Å². The summed E-state index contributed by atoms with van der Waals surface area (Å²) >= 11 is 0. The number of hydrogen-bond donors (Lipinski definition) is 1. The van der Waals surface area contributed by atoms with Crippen molar-refractivity contribution in [1.82, 2.24) is 15.2 Å². The minimum Gasteiger partial charge on any atom is -0.482 e. The first-order valence-electron chi connectivity index (χ1n) is 5.29. The van der Waals surface area contributed by atoms with Crippen LogP contribution in [0, 0.1) is 6.92 Å². The Balaban J connectivity index is 2.04. The molecule has 0 bridgehead atoms. The van der Waals surface area contributed by atoms with Crippen molar-refractivity contribution in [2.45, 2.75) is 20.0 Å². The number of carbonyl (C=O) groups excluding carboxylic acids is 1. The number of aromatic nitrogens is 3. The van der Waals surface area contributed by atoms with Crippen molar-refractivity contribution < 1.29 is 9.53 Å². The van der Waals surface area contributed by atoms with E-state index in [1.165, 1.54) is 6.33 Å². The summed E-state index contributed by atoms with van der Waals surface area (Å²) in [6.07, 6.45) is 0.705. The number of nitrogens with zero attached hydrogens (tertiary/aromatic N) is 2. The fraction of sp³-hybridized carbons (Fsp3) is 0.250. The van der Waals surface area contributed by atoms with E-state index < -0.39 is 6.10 Å². The Bertz CT molecular complexity index is 491. The first kappa shape index (κ1) is 11.3. The zero-order valence-corrected chi connectivity index (χ0v) is 9.68. The molecule has 2 rings (SSSR count). The van der Waals surface area contributed by atoms with Gasteiger partial charge >= 0.3 is 0 Å². The lowest BCUT2D eigenvalue weighted by atomic mass is 10.2. The molecule has 1 aromatic heterocycles. The van der Waals surface area contributed by atoms with Gasteiger partial charge in [-0.2, -0.15) is 5.10 Å². The van der Waals surface area contributed by atoms with Crippen molar-refractivity contribution >= 4 is 5.78 Å². The second-order valence-corrected chi connectivity index (χ2v) is 3.77. The third-order valence-corrected chi connectivity index (χ3v) is 2.35. The maximum absolute atomic E-state index is 11.8. The smallest absolute Gasteiger partial charge is 0.239 e. The molecule has 0 saturated heterocycles. The van der Waals surface area contributed by atoms with Gasteiger partial charge in [0.15, 0.2) is 11.9 Å². The van der Waals surface area contributed by atoms with Crippen molar-refractivity contribution in [3.05, 3.63) is 42.0 Å². The van der Waals surface area contributed by atoms with E-state index in [1.54, 1.807) is 6.92 Å².